The number of carbonyl (C=O) groups is 1. The van der Waals surface area contributed by atoms with Crippen LogP contribution in [0.1, 0.15) is 24.8 Å². The number of rotatable bonds is 3. The maximum absolute atomic E-state index is 13.2. The molecule has 0 aromatic heterocycles. The van der Waals surface area contributed by atoms with Gasteiger partial charge in [-0.3, -0.25) is 4.79 Å². The van der Waals surface area contributed by atoms with Crippen LogP contribution in [0.4, 0.5) is 4.39 Å². The molecule has 3 atom stereocenters. The molecule has 3 nitrogen and oxygen atoms in total. The van der Waals surface area contributed by atoms with E-state index in [2.05, 4.69) is 26.6 Å². The van der Waals surface area contributed by atoms with E-state index in [9.17, 15) is 9.18 Å². The Hall–Kier alpha value is -0.940. The first kappa shape index (κ1) is 14.0. The first-order chi connectivity index (χ1) is 9.65. The van der Waals surface area contributed by atoms with Gasteiger partial charge in [-0.2, -0.15) is 0 Å². The Labute approximate surface area is 126 Å². The molecular weight excluding hydrogens is 323 g/mol. The van der Waals surface area contributed by atoms with Gasteiger partial charge in [-0.25, -0.2) is 4.39 Å². The molecule has 1 heterocycles. The van der Waals surface area contributed by atoms with E-state index in [-0.39, 0.29) is 17.8 Å². The van der Waals surface area contributed by atoms with E-state index in [1.54, 1.807) is 6.07 Å². The molecule has 1 amide bonds. The first-order valence-corrected chi connectivity index (χ1v) is 7.89. The smallest absolute Gasteiger partial charge is 0.237 e. The number of nitrogens with one attached hydrogen (secondary N) is 2. The normalized spacial score (nSPS) is 28.4. The number of hydrogen-bond acceptors (Lipinski definition) is 2. The molecule has 1 saturated carbocycles. The molecule has 2 N–H and O–H groups in total. The van der Waals surface area contributed by atoms with Crippen LogP contribution in [0.5, 0.6) is 0 Å². The molecule has 3 rings (SSSR count). The zero-order chi connectivity index (χ0) is 14.1. The van der Waals surface area contributed by atoms with Gasteiger partial charge in [0.2, 0.25) is 5.91 Å². The molecular formula is C15H18BrFN2O. The summed E-state index contributed by atoms with van der Waals surface area (Å²) < 4.78 is 14.0. The number of carbonyl (C=O) groups excluding carboxylic acids is 1. The third-order valence-corrected chi connectivity index (χ3v) is 5.26. The number of fused-ring (bicyclic) bond motifs is 1. The van der Waals surface area contributed by atoms with Crippen LogP contribution in [-0.2, 0) is 11.3 Å². The molecule has 20 heavy (non-hydrogen) atoms. The van der Waals surface area contributed by atoms with Crippen LogP contribution < -0.4 is 10.6 Å². The van der Waals surface area contributed by atoms with E-state index in [0.717, 1.165) is 23.0 Å². The van der Waals surface area contributed by atoms with Crippen LogP contribution >= 0.6 is 15.9 Å². The number of halogens is 2. The summed E-state index contributed by atoms with van der Waals surface area (Å²) in [5.41, 5.74) is 0.763. The van der Waals surface area contributed by atoms with Gasteiger partial charge in [0.1, 0.15) is 5.82 Å². The van der Waals surface area contributed by atoms with Crippen LogP contribution in [0.15, 0.2) is 22.7 Å². The number of hydrogen-bond donors (Lipinski definition) is 2. The standard InChI is InChI=1S/C15H18BrFN2O/c16-13-5-4-11(17)6-10(13)8-19-15(20)14-12-3-1-2-9(12)7-18-14/h4-6,9,12,14,18H,1-3,7-8H2,(H,19,20). The predicted octanol–water partition coefficient (Wildman–Crippen LogP) is 2.59. The Morgan fingerprint density at radius 3 is 3.15 bits per heavy atom. The second kappa shape index (κ2) is 5.82. The van der Waals surface area contributed by atoms with Gasteiger partial charge in [-0.05, 0) is 55.0 Å². The molecule has 108 valence electrons. The maximum atomic E-state index is 13.2. The molecule has 5 heteroatoms. The minimum absolute atomic E-state index is 0.0376. The SMILES string of the molecule is O=C(NCc1cc(F)ccc1Br)C1NCC2CCCC21. The summed E-state index contributed by atoms with van der Waals surface area (Å²) in [5.74, 6) is 0.889. The predicted molar refractivity (Wildman–Crippen MR) is 78.6 cm³/mol. The van der Waals surface area contributed by atoms with Crippen molar-refractivity contribution in [1.29, 1.82) is 0 Å². The van der Waals surface area contributed by atoms with Crippen molar-refractivity contribution in [3.05, 3.63) is 34.1 Å². The lowest BCUT2D eigenvalue weighted by Gasteiger charge is -2.18. The molecule has 3 unspecified atom stereocenters. The summed E-state index contributed by atoms with van der Waals surface area (Å²) >= 11 is 3.38. The molecule has 2 fully saturated rings. The van der Waals surface area contributed by atoms with Crippen molar-refractivity contribution in [2.75, 3.05) is 6.54 Å². The van der Waals surface area contributed by atoms with Crippen molar-refractivity contribution in [3.8, 4) is 0 Å². The van der Waals surface area contributed by atoms with Gasteiger partial charge < -0.3 is 10.6 Å². The van der Waals surface area contributed by atoms with Crippen molar-refractivity contribution in [2.24, 2.45) is 11.8 Å². The minimum atomic E-state index is -0.285. The van der Waals surface area contributed by atoms with Crippen molar-refractivity contribution >= 4 is 21.8 Å². The van der Waals surface area contributed by atoms with E-state index < -0.39 is 0 Å². The maximum Gasteiger partial charge on any atom is 0.237 e. The average Bonchev–Trinajstić information content (AvgIpc) is 3.02. The fourth-order valence-corrected chi connectivity index (χ4v) is 3.83. The van der Waals surface area contributed by atoms with Gasteiger partial charge in [-0.15, -0.1) is 0 Å². The monoisotopic (exact) mass is 340 g/mol. The van der Waals surface area contributed by atoms with E-state index >= 15 is 0 Å². The van der Waals surface area contributed by atoms with E-state index in [1.807, 2.05) is 0 Å². The van der Waals surface area contributed by atoms with Crippen LogP contribution in [0.25, 0.3) is 0 Å². The Morgan fingerprint density at radius 2 is 2.30 bits per heavy atom. The van der Waals surface area contributed by atoms with Gasteiger partial charge >= 0.3 is 0 Å². The van der Waals surface area contributed by atoms with Gasteiger partial charge in [0.15, 0.2) is 0 Å². The molecule has 1 aromatic rings. The Bertz CT molecular complexity index is 523. The highest BCUT2D eigenvalue weighted by Gasteiger charge is 2.42. The van der Waals surface area contributed by atoms with Crippen molar-refractivity contribution in [2.45, 2.75) is 31.8 Å². The molecule has 0 radical (unpaired) electrons. The first-order valence-electron chi connectivity index (χ1n) is 7.10. The van der Waals surface area contributed by atoms with Crippen LogP contribution in [-0.4, -0.2) is 18.5 Å². The number of benzene rings is 1. The largest absolute Gasteiger partial charge is 0.351 e. The minimum Gasteiger partial charge on any atom is -0.351 e. The molecule has 2 aliphatic rings. The van der Waals surface area contributed by atoms with Crippen molar-refractivity contribution in [3.63, 3.8) is 0 Å². The van der Waals surface area contributed by atoms with Crippen LogP contribution in [0.2, 0.25) is 0 Å². The highest BCUT2D eigenvalue weighted by atomic mass is 79.9. The highest BCUT2D eigenvalue weighted by Crippen LogP contribution is 2.37. The summed E-state index contributed by atoms with van der Waals surface area (Å²) in [6, 6.07) is 4.44. The van der Waals surface area contributed by atoms with E-state index in [4.69, 9.17) is 0 Å². The van der Waals surface area contributed by atoms with E-state index in [0.29, 0.717) is 18.4 Å². The lowest BCUT2D eigenvalue weighted by molar-refractivity contribution is -0.123. The van der Waals surface area contributed by atoms with Crippen LogP contribution in [0, 0.1) is 17.7 Å². The molecule has 0 bridgehead atoms. The second-order valence-electron chi connectivity index (χ2n) is 5.69. The molecule has 0 spiro atoms. The molecule has 1 saturated heterocycles. The Morgan fingerprint density at radius 1 is 1.45 bits per heavy atom. The fourth-order valence-electron chi connectivity index (χ4n) is 3.45. The summed E-state index contributed by atoms with van der Waals surface area (Å²) in [6.45, 7) is 1.30. The topological polar surface area (TPSA) is 41.1 Å². The molecule has 1 aromatic carbocycles. The van der Waals surface area contributed by atoms with Crippen molar-refractivity contribution in [1.82, 2.24) is 10.6 Å². The van der Waals surface area contributed by atoms with E-state index in [1.165, 1.54) is 25.0 Å². The Balaban J connectivity index is 1.61. The number of amides is 1. The second-order valence-corrected chi connectivity index (χ2v) is 6.55. The summed E-state index contributed by atoms with van der Waals surface area (Å²) in [5, 5.41) is 6.25. The van der Waals surface area contributed by atoms with Gasteiger partial charge in [-0.1, -0.05) is 22.4 Å². The molecule has 1 aliphatic carbocycles. The quantitative estimate of drug-likeness (QED) is 0.887. The van der Waals surface area contributed by atoms with Crippen LogP contribution in [0.3, 0.4) is 0 Å². The zero-order valence-electron chi connectivity index (χ0n) is 11.2. The average molecular weight is 341 g/mol. The third kappa shape index (κ3) is 2.74. The van der Waals surface area contributed by atoms with Crippen molar-refractivity contribution < 1.29 is 9.18 Å². The lowest BCUT2D eigenvalue weighted by atomic mass is 9.93. The van der Waals surface area contributed by atoms with Gasteiger partial charge in [0, 0.05) is 11.0 Å². The summed E-state index contributed by atoms with van der Waals surface area (Å²) in [6.07, 6.45) is 3.60. The Kier molecular flexibility index (Phi) is 4.08. The molecule has 1 aliphatic heterocycles. The lowest BCUT2D eigenvalue weighted by Crippen LogP contribution is -2.43. The van der Waals surface area contributed by atoms with Gasteiger partial charge in [0.05, 0.1) is 6.04 Å². The summed E-state index contributed by atoms with van der Waals surface area (Å²) in [7, 11) is 0. The summed E-state index contributed by atoms with van der Waals surface area (Å²) in [4.78, 5) is 12.3. The highest BCUT2D eigenvalue weighted by molar-refractivity contribution is 9.10. The third-order valence-electron chi connectivity index (χ3n) is 4.49. The van der Waals surface area contributed by atoms with Gasteiger partial charge in [0.25, 0.3) is 0 Å². The zero-order valence-corrected chi connectivity index (χ0v) is 12.7. The fraction of sp³-hybridized carbons (Fsp3) is 0.533.